The Morgan fingerprint density at radius 2 is 1.20 bits per heavy atom. The first-order chi connectivity index (χ1) is 19.2. The van der Waals surface area contributed by atoms with Gasteiger partial charge in [0, 0.05) is 55.1 Å². The molecule has 2 saturated heterocycles. The lowest BCUT2D eigenvalue weighted by Crippen LogP contribution is -2.73. The van der Waals surface area contributed by atoms with Crippen LogP contribution in [0.4, 0.5) is 13.2 Å². The summed E-state index contributed by atoms with van der Waals surface area (Å²) < 4.78 is 43.8. The Hall–Kier alpha value is -4.66. The molecule has 3 heterocycles. The fourth-order valence-corrected chi connectivity index (χ4v) is 5.23. The van der Waals surface area contributed by atoms with Crippen LogP contribution in [0.2, 0.25) is 0 Å². The molecule has 2 aliphatic rings. The minimum absolute atomic E-state index is 0.0169. The molecule has 0 atom stereocenters. The van der Waals surface area contributed by atoms with Crippen LogP contribution in [0.25, 0.3) is 11.1 Å². The number of nitrogens with zero attached hydrogens (tertiary/aromatic N) is 3. The number of ether oxygens (including phenoxy) is 1. The van der Waals surface area contributed by atoms with Crippen LogP contribution >= 0.6 is 0 Å². The maximum Gasteiger partial charge on any atom is 0.416 e. The van der Waals surface area contributed by atoms with Crippen molar-refractivity contribution in [2.75, 3.05) is 26.2 Å². The third-order valence-corrected chi connectivity index (χ3v) is 7.32. The van der Waals surface area contributed by atoms with Crippen LogP contribution in [0.1, 0.15) is 26.3 Å². The van der Waals surface area contributed by atoms with Gasteiger partial charge in [0.15, 0.2) is 0 Å². The summed E-state index contributed by atoms with van der Waals surface area (Å²) >= 11 is 0. The lowest BCUT2D eigenvalue weighted by atomic mass is 9.72. The molecule has 0 saturated carbocycles. The van der Waals surface area contributed by atoms with Crippen molar-refractivity contribution in [3.05, 3.63) is 114 Å². The Balaban J connectivity index is 0.994. The zero-order chi connectivity index (χ0) is 27.9. The third kappa shape index (κ3) is 5.02. The van der Waals surface area contributed by atoms with Crippen LogP contribution in [-0.2, 0) is 6.18 Å². The second-order valence-electron chi connectivity index (χ2n) is 10.3. The van der Waals surface area contributed by atoms with Crippen molar-refractivity contribution in [1.29, 1.82) is 0 Å². The molecular formula is C31H24F3N3O3. The molecule has 2 fully saturated rings. The standard InChI is InChI=1S/C31H24F3N3O3/c32-31(33,34)25-9-13-27(14-10-25)40-26-11-7-23(8-12-26)29(39)37-19-30(20-37)17-36(18-30)28(38)22-5-3-21(4-6-22)24-2-1-15-35-16-24/h1-16H,17-20H2. The first-order valence-electron chi connectivity index (χ1n) is 12.7. The molecule has 0 unspecified atom stereocenters. The average molecular weight is 544 g/mol. The summed E-state index contributed by atoms with van der Waals surface area (Å²) in [5, 5.41) is 0. The summed E-state index contributed by atoms with van der Waals surface area (Å²) in [5.74, 6) is 0.558. The van der Waals surface area contributed by atoms with Crippen molar-refractivity contribution < 1.29 is 27.5 Å². The number of rotatable bonds is 5. The third-order valence-electron chi connectivity index (χ3n) is 7.32. The SMILES string of the molecule is O=C(c1ccc(Oc2ccc(C(F)(F)F)cc2)cc1)N1CC2(C1)CN(C(=O)c1ccc(-c3cccnc3)cc1)C2. The van der Waals surface area contributed by atoms with Gasteiger partial charge in [-0.15, -0.1) is 0 Å². The average Bonchev–Trinajstić information content (AvgIpc) is 2.92. The van der Waals surface area contributed by atoms with Gasteiger partial charge in [-0.2, -0.15) is 13.2 Å². The van der Waals surface area contributed by atoms with Gasteiger partial charge in [-0.1, -0.05) is 18.2 Å². The summed E-state index contributed by atoms with van der Waals surface area (Å²) in [6.45, 7) is 2.39. The largest absolute Gasteiger partial charge is 0.457 e. The molecule has 9 heteroatoms. The number of pyridine rings is 1. The summed E-state index contributed by atoms with van der Waals surface area (Å²) in [4.78, 5) is 33.6. The van der Waals surface area contributed by atoms with Gasteiger partial charge in [0.05, 0.1) is 5.56 Å². The van der Waals surface area contributed by atoms with Crippen molar-refractivity contribution in [2.45, 2.75) is 6.18 Å². The van der Waals surface area contributed by atoms with Crippen LogP contribution in [0.5, 0.6) is 11.5 Å². The molecule has 3 aromatic carbocycles. The van der Waals surface area contributed by atoms with Gasteiger partial charge in [-0.05, 0) is 77.9 Å². The smallest absolute Gasteiger partial charge is 0.416 e. The Bertz CT molecular complexity index is 1520. The normalized spacial score (nSPS) is 15.8. The van der Waals surface area contributed by atoms with Crippen molar-refractivity contribution in [3.8, 4) is 22.6 Å². The number of amides is 2. The molecule has 1 spiro atoms. The number of hydrogen-bond donors (Lipinski definition) is 0. The number of benzene rings is 3. The van der Waals surface area contributed by atoms with E-state index in [1.165, 1.54) is 12.1 Å². The first kappa shape index (κ1) is 25.6. The molecule has 2 aliphatic heterocycles. The van der Waals surface area contributed by atoms with Crippen LogP contribution in [0.15, 0.2) is 97.3 Å². The summed E-state index contributed by atoms with van der Waals surface area (Å²) in [7, 11) is 0. The summed E-state index contributed by atoms with van der Waals surface area (Å²) in [6, 6.07) is 22.3. The molecule has 0 aliphatic carbocycles. The molecule has 6 nitrogen and oxygen atoms in total. The zero-order valence-electron chi connectivity index (χ0n) is 21.3. The summed E-state index contributed by atoms with van der Waals surface area (Å²) in [5.41, 5.74) is 2.31. The van der Waals surface area contributed by atoms with E-state index in [9.17, 15) is 22.8 Å². The van der Waals surface area contributed by atoms with E-state index in [2.05, 4.69) is 4.98 Å². The van der Waals surface area contributed by atoms with E-state index in [0.29, 0.717) is 43.1 Å². The number of carbonyl (C=O) groups excluding carboxylic acids is 2. The second-order valence-corrected chi connectivity index (χ2v) is 10.3. The molecule has 202 valence electrons. The van der Waals surface area contributed by atoms with Crippen molar-refractivity contribution >= 4 is 11.8 Å². The number of hydrogen-bond acceptors (Lipinski definition) is 4. The highest BCUT2D eigenvalue weighted by atomic mass is 19.4. The van der Waals surface area contributed by atoms with Gasteiger partial charge in [0.2, 0.25) is 0 Å². The van der Waals surface area contributed by atoms with Gasteiger partial charge in [0.1, 0.15) is 11.5 Å². The fourth-order valence-electron chi connectivity index (χ4n) is 5.23. The maximum absolute atomic E-state index is 12.9. The van der Waals surface area contributed by atoms with Gasteiger partial charge < -0.3 is 14.5 Å². The van der Waals surface area contributed by atoms with E-state index in [0.717, 1.165) is 23.3 Å². The van der Waals surface area contributed by atoms with Crippen LogP contribution in [0.3, 0.4) is 0 Å². The van der Waals surface area contributed by atoms with Crippen molar-refractivity contribution in [2.24, 2.45) is 5.41 Å². The first-order valence-corrected chi connectivity index (χ1v) is 12.7. The lowest BCUT2D eigenvalue weighted by molar-refractivity contribution is -0.137. The van der Waals surface area contributed by atoms with Gasteiger partial charge in [-0.3, -0.25) is 14.6 Å². The monoisotopic (exact) mass is 543 g/mol. The van der Waals surface area contributed by atoms with Gasteiger partial charge in [0.25, 0.3) is 11.8 Å². The van der Waals surface area contributed by atoms with Crippen molar-refractivity contribution in [1.82, 2.24) is 14.8 Å². The highest BCUT2D eigenvalue weighted by Gasteiger charge is 2.54. The highest BCUT2D eigenvalue weighted by molar-refractivity contribution is 5.96. The van der Waals surface area contributed by atoms with Crippen LogP contribution < -0.4 is 4.74 Å². The number of aromatic nitrogens is 1. The topological polar surface area (TPSA) is 62.7 Å². The molecule has 0 bridgehead atoms. The predicted octanol–water partition coefficient (Wildman–Crippen LogP) is 6.16. The maximum atomic E-state index is 12.9. The van der Waals surface area contributed by atoms with Gasteiger partial charge in [-0.25, -0.2) is 0 Å². The Morgan fingerprint density at radius 3 is 1.68 bits per heavy atom. The molecule has 0 radical (unpaired) electrons. The second kappa shape index (κ2) is 9.82. The van der Waals surface area contributed by atoms with Crippen molar-refractivity contribution in [3.63, 3.8) is 0 Å². The van der Waals surface area contributed by atoms with E-state index in [-0.39, 0.29) is 23.0 Å². The molecule has 2 amide bonds. The molecule has 6 rings (SSSR count). The Morgan fingerprint density at radius 1 is 0.700 bits per heavy atom. The molecule has 1 aromatic heterocycles. The fraction of sp³-hybridized carbons (Fsp3) is 0.194. The van der Waals surface area contributed by atoms with E-state index in [4.69, 9.17) is 4.74 Å². The Kier molecular flexibility index (Phi) is 6.29. The highest BCUT2D eigenvalue weighted by Crippen LogP contribution is 2.41. The van der Waals surface area contributed by atoms with E-state index in [1.54, 1.807) is 41.6 Å². The van der Waals surface area contributed by atoms with Crippen LogP contribution in [-0.4, -0.2) is 52.8 Å². The molecular weight excluding hydrogens is 519 g/mol. The summed E-state index contributed by atoms with van der Waals surface area (Å²) in [6.07, 6.45) is -0.904. The van der Waals surface area contributed by atoms with E-state index < -0.39 is 11.7 Å². The molecule has 0 N–H and O–H groups in total. The quantitative estimate of drug-likeness (QED) is 0.303. The molecule has 40 heavy (non-hydrogen) atoms. The minimum Gasteiger partial charge on any atom is -0.457 e. The zero-order valence-corrected chi connectivity index (χ0v) is 21.3. The number of alkyl halides is 3. The number of likely N-dealkylation sites (tertiary alicyclic amines) is 2. The Labute approximate surface area is 228 Å². The number of carbonyl (C=O) groups is 2. The van der Waals surface area contributed by atoms with Crippen LogP contribution in [0, 0.1) is 5.41 Å². The minimum atomic E-state index is -4.41. The molecule has 4 aromatic rings. The van der Waals surface area contributed by atoms with E-state index >= 15 is 0 Å². The predicted molar refractivity (Wildman–Crippen MR) is 142 cm³/mol. The van der Waals surface area contributed by atoms with Gasteiger partial charge >= 0.3 is 6.18 Å². The van der Waals surface area contributed by atoms with E-state index in [1.807, 2.05) is 41.3 Å². The lowest BCUT2D eigenvalue weighted by Gasteiger charge is -2.60. The number of halogens is 3.